The Morgan fingerprint density at radius 2 is 1.64 bits per heavy atom. The van der Waals surface area contributed by atoms with Crippen LogP contribution in [-0.2, 0) is 10.5 Å². The van der Waals surface area contributed by atoms with Gasteiger partial charge in [0.2, 0.25) is 0 Å². The molecule has 0 aliphatic carbocycles. The van der Waals surface area contributed by atoms with E-state index in [0.717, 1.165) is 5.56 Å². The molecule has 0 fully saturated rings. The minimum absolute atomic E-state index is 0.351. The van der Waals surface area contributed by atoms with Crippen LogP contribution in [0.2, 0.25) is 0 Å². The maximum Gasteiger partial charge on any atom is 0.140 e. The van der Waals surface area contributed by atoms with Gasteiger partial charge in [-0.3, -0.25) is 5.26 Å². The van der Waals surface area contributed by atoms with Gasteiger partial charge in [0.15, 0.2) is 0 Å². The van der Waals surface area contributed by atoms with E-state index in [1.807, 2.05) is 51.1 Å². The van der Waals surface area contributed by atoms with Crippen molar-refractivity contribution < 1.29 is 10.1 Å². The van der Waals surface area contributed by atoms with Crippen molar-refractivity contribution in [1.82, 2.24) is 0 Å². The summed E-state index contributed by atoms with van der Waals surface area (Å²) in [5.74, 6) is 0. The standard InChI is InChI=1S/C11H15BrO2/c1-10(2,12)11(3,14-13)9-7-5-4-6-8-9/h4-8,13H,1-3H3. The molecule has 0 radical (unpaired) electrons. The molecule has 1 rings (SSSR count). The van der Waals surface area contributed by atoms with Gasteiger partial charge in [0.05, 0.1) is 4.32 Å². The highest BCUT2D eigenvalue weighted by Gasteiger charge is 2.42. The second kappa shape index (κ2) is 4.01. The average Bonchev–Trinajstić information content (AvgIpc) is 2.16. The summed E-state index contributed by atoms with van der Waals surface area (Å²) < 4.78 is -0.351. The van der Waals surface area contributed by atoms with Crippen LogP contribution in [0.4, 0.5) is 0 Å². The molecule has 14 heavy (non-hydrogen) atoms. The molecule has 1 unspecified atom stereocenters. The molecule has 0 aliphatic heterocycles. The third kappa shape index (κ3) is 2.00. The van der Waals surface area contributed by atoms with Crippen molar-refractivity contribution in [2.75, 3.05) is 0 Å². The molecule has 1 aromatic rings. The summed E-state index contributed by atoms with van der Waals surface area (Å²) in [5, 5.41) is 9.04. The Hall–Kier alpha value is -0.380. The highest BCUT2D eigenvalue weighted by atomic mass is 79.9. The van der Waals surface area contributed by atoms with Gasteiger partial charge in [-0.2, -0.15) is 0 Å². The van der Waals surface area contributed by atoms with Crippen LogP contribution in [0, 0.1) is 0 Å². The van der Waals surface area contributed by atoms with E-state index in [4.69, 9.17) is 5.26 Å². The van der Waals surface area contributed by atoms with E-state index in [1.54, 1.807) is 0 Å². The minimum Gasteiger partial charge on any atom is -0.251 e. The Balaban J connectivity index is 3.15. The lowest BCUT2D eigenvalue weighted by Gasteiger charge is -2.37. The zero-order valence-corrected chi connectivity index (χ0v) is 10.2. The first kappa shape index (κ1) is 11.7. The highest BCUT2D eigenvalue weighted by molar-refractivity contribution is 9.10. The molecule has 0 amide bonds. The van der Waals surface area contributed by atoms with Crippen molar-refractivity contribution in [3.8, 4) is 0 Å². The molecule has 1 aromatic carbocycles. The Morgan fingerprint density at radius 1 is 1.14 bits per heavy atom. The maximum atomic E-state index is 9.04. The molecule has 0 bridgehead atoms. The molecule has 0 aromatic heterocycles. The summed E-state index contributed by atoms with van der Waals surface area (Å²) in [4.78, 5) is 4.64. The molecule has 0 heterocycles. The lowest BCUT2D eigenvalue weighted by Crippen LogP contribution is -2.42. The number of hydrogen-bond acceptors (Lipinski definition) is 2. The van der Waals surface area contributed by atoms with Gasteiger partial charge in [-0.1, -0.05) is 46.3 Å². The first-order valence-corrected chi connectivity index (χ1v) is 5.28. The van der Waals surface area contributed by atoms with Crippen molar-refractivity contribution in [1.29, 1.82) is 0 Å². The van der Waals surface area contributed by atoms with E-state index in [0.29, 0.717) is 0 Å². The first-order valence-electron chi connectivity index (χ1n) is 4.49. The first-order chi connectivity index (χ1) is 6.42. The fraction of sp³-hybridized carbons (Fsp3) is 0.455. The summed E-state index contributed by atoms with van der Waals surface area (Å²) in [5.41, 5.74) is 0.179. The summed E-state index contributed by atoms with van der Waals surface area (Å²) >= 11 is 3.51. The smallest absolute Gasteiger partial charge is 0.140 e. The topological polar surface area (TPSA) is 29.5 Å². The molecule has 1 N–H and O–H groups in total. The quantitative estimate of drug-likeness (QED) is 0.511. The van der Waals surface area contributed by atoms with Gasteiger partial charge in [-0.05, 0) is 26.3 Å². The highest BCUT2D eigenvalue weighted by Crippen LogP contribution is 2.41. The second-order valence-electron chi connectivity index (χ2n) is 3.96. The van der Waals surface area contributed by atoms with Crippen LogP contribution in [0.3, 0.4) is 0 Å². The van der Waals surface area contributed by atoms with Gasteiger partial charge in [0.1, 0.15) is 5.60 Å². The van der Waals surface area contributed by atoms with E-state index < -0.39 is 5.60 Å². The molecule has 2 nitrogen and oxygen atoms in total. The zero-order chi connectivity index (χ0) is 10.8. The van der Waals surface area contributed by atoms with Gasteiger partial charge in [-0.25, -0.2) is 4.89 Å². The average molecular weight is 259 g/mol. The normalized spacial score (nSPS) is 16.4. The van der Waals surface area contributed by atoms with E-state index in [9.17, 15) is 0 Å². The van der Waals surface area contributed by atoms with Crippen molar-refractivity contribution in [2.24, 2.45) is 0 Å². The summed E-state index contributed by atoms with van der Waals surface area (Å²) in [6.07, 6.45) is 0. The Bertz CT molecular complexity index is 292. The zero-order valence-electron chi connectivity index (χ0n) is 8.62. The second-order valence-corrected chi connectivity index (χ2v) is 5.95. The van der Waals surface area contributed by atoms with Gasteiger partial charge in [0, 0.05) is 0 Å². The number of rotatable bonds is 3. The van der Waals surface area contributed by atoms with Crippen molar-refractivity contribution in [3.05, 3.63) is 35.9 Å². The molecule has 1 atom stereocenters. The molecule has 0 saturated carbocycles. The molecular weight excluding hydrogens is 244 g/mol. The Labute approximate surface area is 93.0 Å². The van der Waals surface area contributed by atoms with Gasteiger partial charge in [0.25, 0.3) is 0 Å². The number of benzene rings is 1. The number of hydrogen-bond donors (Lipinski definition) is 1. The van der Waals surface area contributed by atoms with E-state index in [2.05, 4.69) is 20.8 Å². The minimum atomic E-state index is -0.756. The number of alkyl halides is 1. The molecular formula is C11H15BrO2. The van der Waals surface area contributed by atoms with Crippen LogP contribution in [0.1, 0.15) is 26.3 Å². The predicted octanol–water partition coefficient (Wildman–Crippen LogP) is 3.56. The summed E-state index contributed by atoms with van der Waals surface area (Å²) in [6, 6.07) is 9.64. The molecule has 78 valence electrons. The Kier molecular flexibility index (Phi) is 3.35. The largest absolute Gasteiger partial charge is 0.251 e. The van der Waals surface area contributed by atoms with Gasteiger partial charge < -0.3 is 0 Å². The lowest BCUT2D eigenvalue weighted by molar-refractivity contribution is -0.330. The predicted molar refractivity (Wildman–Crippen MR) is 60.5 cm³/mol. The van der Waals surface area contributed by atoms with Crippen molar-refractivity contribution in [2.45, 2.75) is 30.7 Å². The van der Waals surface area contributed by atoms with Crippen LogP contribution < -0.4 is 0 Å². The van der Waals surface area contributed by atoms with Gasteiger partial charge in [-0.15, -0.1) is 0 Å². The summed E-state index contributed by atoms with van der Waals surface area (Å²) in [7, 11) is 0. The molecule has 3 heteroatoms. The van der Waals surface area contributed by atoms with E-state index in [-0.39, 0.29) is 4.32 Å². The fourth-order valence-corrected chi connectivity index (χ4v) is 1.56. The van der Waals surface area contributed by atoms with Crippen LogP contribution in [0.25, 0.3) is 0 Å². The summed E-state index contributed by atoms with van der Waals surface area (Å²) in [6.45, 7) is 5.75. The monoisotopic (exact) mass is 258 g/mol. The van der Waals surface area contributed by atoms with Crippen LogP contribution in [-0.4, -0.2) is 9.58 Å². The lowest BCUT2D eigenvalue weighted by atomic mass is 9.85. The maximum absolute atomic E-state index is 9.04. The molecule has 0 saturated heterocycles. The van der Waals surface area contributed by atoms with Gasteiger partial charge >= 0.3 is 0 Å². The molecule has 0 aliphatic rings. The number of halogens is 1. The Morgan fingerprint density at radius 3 is 2.00 bits per heavy atom. The molecule has 0 spiro atoms. The van der Waals surface area contributed by atoms with Crippen LogP contribution in [0.15, 0.2) is 30.3 Å². The third-order valence-corrected chi connectivity index (χ3v) is 3.40. The van der Waals surface area contributed by atoms with Crippen molar-refractivity contribution >= 4 is 15.9 Å². The van der Waals surface area contributed by atoms with E-state index in [1.165, 1.54) is 0 Å². The third-order valence-electron chi connectivity index (χ3n) is 2.64. The SMILES string of the molecule is CC(C)(Br)C(C)(OO)c1ccccc1. The van der Waals surface area contributed by atoms with E-state index >= 15 is 0 Å². The van der Waals surface area contributed by atoms with Crippen LogP contribution >= 0.6 is 15.9 Å². The fourth-order valence-electron chi connectivity index (χ4n) is 1.26. The van der Waals surface area contributed by atoms with Crippen molar-refractivity contribution in [3.63, 3.8) is 0 Å². The van der Waals surface area contributed by atoms with Crippen LogP contribution in [0.5, 0.6) is 0 Å².